The molecule has 1 N–H and O–H groups in total. The van der Waals surface area contributed by atoms with E-state index in [9.17, 15) is 0 Å². The lowest BCUT2D eigenvalue weighted by atomic mass is 10.0. The van der Waals surface area contributed by atoms with E-state index < -0.39 is 5.60 Å². The summed E-state index contributed by atoms with van der Waals surface area (Å²) in [7, 11) is 1.69. The van der Waals surface area contributed by atoms with Crippen molar-refractivity contribution in [3.63, 3.8) is 0 Å². The summed E-state index contributed by atoms with van der Waals surface area (Å²) in [6.45, 7) is 4.08. The standard InChI is InChI=1S/C15H18N2OS/c1-4-15(2,18-3)14-16-12(10-13(19)17-14)11-8-6-5-7-9-11/h5-10H,4H2,1-3H3,(H,16,17,19). The third kappa shape index (κ3) is 2.91. The van der Waals surface area contributed by atoms with Gasteiger partial charge in [-0.1, -0.05) is 49.5 Å². The fourth-order valence-corrected chi connectivity index (χ4v) is 2.10. The van der Waals surface area contributed by atoms with E-state index >= 15 is 0 Å². The predicted molar refractivity (Wildman–Crippen MR) is 79.5 cm³/mol. The van der Waals surface area contributed by atoms with Crippen LogP contribution in [0, 0.1) is 4.64 Å². The van der Waals surface area contributed by atoms with Gasteiger partial charge in [0.25, 0.3) is 0 Å². The van der Waals surface area contributed by atoms with E-state index in [4.69, 9.17) is 17.0 Å². The molecule has 4 heteroatoms. The topological polar surface area (TPSA) is 37.9 Å². The number of H-pyrrole nitrogens is 1. The molecule has 0 amide bonds. The van der Waals surface area contributed by atoms with Crippen LogP contribution in [0.25, 0.3) is 11.3 Å². The normalized spacial score (nSPS) is 14.1. The summed E-state index contributed by atoms with van der Waals surface area (Å²) in [5.41, 5.74) is 1.61. The third-order valence-corrected chi connectivity index (χ3v) is 3.66. The zero-order valence-electron chi connectivity index (χ0n) is 11.4. The maximum absolute atomic E-state index is 5.58. The lowest BCUT2D eigenvalue weighted by Gasteiger charge is -2.26. The molecule has 2 aromatic rings. The molecule has 0 radical (unpaired) electrons. The molecular weight excluding hydrogens is 256 g/mol. The average Bonchev–Trinajstić information content (AvgIpc) is 2.46. The van der Waals surface area contributed by atoms with Gasteiger partial charge in [0.1, 0.15) is 16.1 Å². The number of nitrogens with zero attached hydrogens (tertiary/aromatic N) is 1. The molecule has 19 heavy (non-hydrogen) atoms. The smallest absolute Gasteiger partial charge is 0.140 e. The summed E-state index contributed by atoms with van der Waals surface area (Å²) in [5, 5.41) is 0. The van der Waals surface area contributed by atoms with Gasteiger partial charge in [0.2, 0.25) is 0 Å². The van der Waals surface area contributed by atoms with Crippen molar-refractivity contribution in [1.82, 2.24) is 9.97 Å². The Morgan fingerprint density at radius 3 is 2.58 bits per heavy atom. The molecule has 0 spiro atoms. The van der Waals surface area contributed by atoms with E-state index in [1.165, 1.54) is 0 Å². The van der Waals surface area contributed by atoms with Gasteiger partial charge in [-0.15, -0.1) is 0 Å². The van der Waals surface area contributed by atoms with Gasteiger partial charge in [-0.25, -0.2) is 4.98 Å². The number of hydrogen-bond acceptors (Lipinski definition) is 3. The molecule has 1 aromatic carbocycles. The first-order valence-electron chi connectivity index (χ1n) is 6.31. The second kappa shape index (κ2) is 5.63. The van der Waals surface area contributed by atoms with Crippen molar-refractivity contribution in [2.45, 2.75) is 25.9 Å². The number of methoxy groups -OCH3 is 1. The van der Waals surface area contributed by atoms with Gasteiger partial charge in [-0.2, -0.15) is 0 Å². The molecule has 0 saturated carbocycles. The SMILES string of the molecule is CCC(C)(OC)c1nc(=S)cc(-c2ccccc2)[nH]1. The Kier molecular flexibility index (Phi) is 4.12. The van der Waals surface area contributed by atoms with Gasteiger partial charge in [-0.3, -0.25) is 0 Å². The summed E-state index contributed by atoms with van der Waals surface area (Å²) in [6.07, 6.45) is 0.819. The Hall–Kier alpha value is -1.52. The Labute approximate surface area is 118 Å². The monoisotopic (exact) mass is 274 g/mol. The molecule has 0 bridgehead atoms. The van der Waals surface area contributed by atoms with Crippen LogP contribution in [0.4, 0.5) is 0 Å². The second-order valence-corrected chi connectivity index (χ2v) is 5.05. The van der Waals surface area contributed by atoms with E-state index in [-0.39, 0.29) is 0 Å². The minimum Gasteiger partial charge on any atom is -0.371 e. The predicted octanol–water partition coefficient (Wildman–Crippen LogP) is 4.08. The molecule has 0 aliphatic carbocycles. The molecule has 0 fully saturated rings. The highest BCUT2D eigenvalue weighted by Gasteiger charge is 2.26. The lowest BCUT2D eigenvalue weighted by molar-refractivity contribution is -0.00897. The molecule has 1 heterocycles. The van der Waals surface area contributed by atoms with Gasteiger partial charge in [0, 0.05) is 12.8 Å². The maximum atomic E-state index is 5.58. The number of benzene rings is 1. The maximum Gasteiger partial charge on any atom is 0.140 e. The molecule has 1 unspecified atom stereocenters. The van der Waals surface area contributed by atoms with Crippen molar-refractivity contribution in [2.24, 2.45) is 0 Å². The molecule has 2 rings (SSSR count). The van der Waals surface area contributed by atoms with Crippen LogP contribution >= 0.6 is 12.2 Å². The van der Waals surface area contributed by atoms with E-state index in [2.05, 4.69) is 16.9 Å². The van der Waals surface area contributed by atoms with Crippen molar-refractivity contribution >= 4 is 12.2 Å². The van der Waals surface area contributed by atoms with Crippen LogP contribution < -0.4 is 0 Å². The van der Waals surface area contributed by atoms with Crippen LogP contribution in [0.3, 0.4) is 0 Å². The number of aromatic amines is 1. The Bertz CT molecular complexity index is 603. The average molecular weight is 274 g/mol. The number of hydrogen-bond donors (Lipinski definition) is 1. The fraction of sp³-hybridized carbons (Fsp3) is 0.333. The highest BCUT2D eigenvalue weighted by molar-refractivity contribution is 7.71. The first kappa shape index (κ1) is 13.9. The first-order valence-corrected chi connectivity index (χ1v) is 6.72. The van der Waals surface area contributed by atoms with Crippen molar-refractivity contribution in [3.05, 3.63) is 46.9 Å². The number of rotatable bonds is 4. The number of ether oxygens (including phenoxy) is 1. The van der Waals surface area contributed by atoms with Crippen LogP contribution in [0.15, 0.2) is 36.4 Å². The van der Waals surface area contributed by atoms with Crippen LogP contribution in [0.2, 0.25) is 0 Å². The Morgan fingerprint density at radius 1 is 1.32 bits per heavy atom. The summed E-state index contributed by atoms with van der Waals surface area (Å²) in [6, 6.07) is 12.0. The van der Waals surface area contributed by atoms with Crippen molar-refractivity contribution in [3.8, 4) is 11.3 Å². The van der Waals surface area contributed by atoms with Gasteiger partial charge in [-0.05, 0) is 25.0 Å². The number of nitrogens with one attached hydrogen (secondary N) is 1. The van der Waals surface area contributed by atoms with E-state index in [1.807, 2.05) is 43.3 Å². The lowest BCUT2D eigenvalue weighted by Crippen LogP contribution is -2.26. The molecule has 0 aliphatic rings. The molecule has 0 aliphatic heterocycles. The van der Waals surface area contributed by atoms with E-state index in [0.29, 0.717) is 4.64 Å². The highest BCUT2D eigenvalue weighted by atomic mass is 32.1. The fourth-order valence-electron chi connectivity index (χ4n) is 1.89. The summed E-state index contributed by atoms with van der Waals surface area (Å²) >= 11 is 5.27. The van der Waals surface area contributed by atoms with Gasteiger partial charge in [0.15, 0.2) is 0 Å². The first-order chi connectivity index (χ1) is 9.09. The van der Waals surface area contributed by atoms with Crippen molar-refractivity contribution in [2.75, 3.05) is 7.11 Å². The van der Waals surface area contributed by atoms with Crippen LogP contribution in [-0.2, 0) is 10.3 Å². The zero-order valence-corrected chi connectivity index (χ0v) is 12.3. The third-order valence-electron chi connectivity index (χ3n) is 3.45. The molecule has 1 aromatic heterocycles. The van der Waals surface area contributed by atoms with Crippen LogP contribution in [0.5, 0.6) is 0 Å². The minimum absolute atomic E-state index is 0.446. The quantitative estimate of drug-likeness (QED) is 0.854. The molecule has 100 valence electrons. The van der Waals surface area contributed by atoms with Crippen LogP contribution in [-0.4, -0.2) is 17.1 Å². The molecule has 3 nitrogen and oxygen atoms in total. The molecule has 1 atom stereocenters. The summed E-state index contributed by atoms with van der Waals surface area (Å²) in [5.74, 6) is 0.767. The minimum atomic E-state index is -0.446. The van der Waals surface area contributed by atoms with Crippen molar-refractivity contribution in [1.29, 1.82) is 0 Å². The Morgan fingerprint density at radius 2 is 2.00 bits per heavy atom. The van der Waals surface area contributed by atoms with Crippen LogP contribution in [0.1, 0.15) is 26.1 Å². The molecular formula is C15H18N2OS. The highest BCUT2D eigenvalue weighted by Crippen LogP contribution is 2.27. The Balaban J connectivity index is 2.55. The summed E-state index contributed by atoms with van der Waals surface area (Å²) in [4.78, 5) is 7.75. The van der Waals surface area contributed by atoms with Gasteiger partial charge >= 0.3 is 0 Å². The van der Waals surface area contributed by atoms with Crippen molar-refractivity contribution < 1.29 is 4.74 Å². The second-order valence-electron chi connectivity index (χ2n) is 4.64. The van der Waals surface area contributed by atoms with E-state index in [1.54, 1.807) is 7.11 Å². The molecule has 0 saturated heterocycles. The number of aromatic nitrogens is 2. The largest absolute Gasteiger partial charge is 0.371 e. The van der Waals surface area contributed by atoms with Gasteiger partial charge in [0.05, 0.1) is 0 Å². The van der Waals surface area contributed by atoms with Gasteiger partial charge < -0.3 is 9.72 Å². The zero-order chi connectivity index (χ0) is 13.9. The summed E-state index contributed by atoms with van der Waals surface area (Å²) < 4.78 is 6.15. The van der Waals surface area contributed by atoms with E-state index in [0.717, 1.165) is 23.5 Å².